The molecule has 166 valence electrons. The number of carbonyl (C=O) groups excluding carboxylic acids is 1. The monoisotopic (exact) mass is 464 g/mol. The lowest BCUT2D eigenvalue weighted by Gasteiger charge is -2.12. The molecule has 2 N–H and O–H groups in total. The molecule has 0 bridgehead atoms. The molecule has 0 spiro atoms. The predicted molar refractivity (Wildman–Crippen MR) is 113 cm³/mol. The minimum Gasteiger partial charge on any atom is -0.491 e. The van der Waals surface area contributed by atoms with Crippen molar-refractivity contribution in [2.45, 2.75) is 6.10 Å². The Labute approximate surface area is 185 Å². The van der Waals surface area contributed by atoms with Crippen molar-refractivity contribution < 1.29 is 27.8 Å². The van der Waals surface area contributed by atoms with Gasteiger partial charge in [0, 0.05) is 17.3 Å². The Kier molecular flexibility index (Phi) is 7.45. The second kappa shape index (κ2) is 10.3. The summed E-state index contributed by atoms with van der Waals surface area (Å²) in [5.41, 5.74) is -0.00693. The molecule has 0 saturated carbocycles. The number of anilines is 2. The van der Waals surface area contributed by atoms with Crippen LogP contribution >= 0.6 is 11.6 Å². The number of nitrogens with zero attached hydrogens (tertiary/aromatic N) is 1. The number of hydrogen-bond donors (Lipinski definition) is 2. The SMILES string of the molecule is O=NCC(O)COc1ccc(F)c(C(=O)c2ccc(Nc3ccc(F)cc3F)cc2Cl)c1. The molecule has 0 amide bonds. The number of nitrogens with one attached hydrogen (secondary N) is 1. The number of aliphatic hydroxyl groups is 1. The van der Waals surface area contributed by atoms with Crippen molar-refractivity contribution in [3.63, 3.8) is 0 Å². The molecular formula is C22H16ClF3N2O4. The second-order valence-electron chi connectivity index (χ2n) is 6.69. The number of benzene rings is 3. The second-order valence-corrected chi connectivity index (χ2v) is 7.10. The summed E-state index contributed by atoms with van der Waals surface area (Å²) < 4.78 is 46.4. The first-order chi connectivity index (χ1) is 15.3. The Bertz CT molecular complexity index is 1160. The van der Waals surface area contributed by atoms with Crippen LogP contribution in [0.1, 0.15) is 15.9 Å². The van der Waals surface area contributed by atoms with Gasteiger partial charge in [-0.15, -0.1) is 0 Å². The summed E-state index contributed by atoms with van der Waals surface area (Å²) in [5, 5.41) is 14.7. The van der Waals surface area contributed by atoms with Gasteiger partial charge in [-0.3, -0.25) is 4.79 Å². The quantitative estimate of drug-likeness (QED) is 0.334. The predicted octanol–water partition coefficient (Wildman–Crippen LogP) is 5.24. The van der Waals surface area contributed by atoms with E-state index in [0.29, 0.717) is 11.8 Å². The van der Waals surface area contributed by atoms with Crippen molar-refractivity contribution in [3.05, 3.63) is 93.1 Å². The molecule has 0 radical (unpaired) electrons. The standard InChI is InChI=1S/C22H16ClF3N2O4/c23-18-8-13(28-21-6-1-12(24)7-20(21)26)2-4-16(18)22(30)17-9-15(3-5-19(17)25)32-11-14(29)10-27-31/h1-9,14,28-29H,10-11H2. The van der Waals surface area contributed by atoms with E-state index in [0.717, 1.165) is 18.2 Å². The fraction of sp³-hybridized carbons (Fsp3) is 0.136. The molecule has 3 aromatic rings. The molecule has 0 aromatic heterocycles. The van der Waals surface area contributed by atoms with Crippen molar-refractivity contribution in [2.24, 2.45) is 5.18 Å². The van der Waals surface area contributed by atoms with Crippen LogP contribution in [-0.2, 0) is 0 Å². The fourth-order valence-electron chi connectivity index (χ4n) is 2.77. The van der Waals surface area contributed by atoms with Crippen LogP contribution in [-0.4, -0.2) is 30.1 Å². The van der Waals surface area contributed by atoms with Gasteiger partial charge in [0.05, 0.1) is 16.3 Å². The van der Waals surface area contributed by atoms with Gasteiger partial charge in [0.2, 0.25) is 0 Å². The maximum Gasteiger partial charge on any atom is 0.197 e. The number of halogens is 4. The molecular weight excluding hydrogens is 449 g/mol. The number of ketones is 1. The lowest BCUT2D eigenvalue weighted by molar-refractivity contribution is 0.103. The lowest BCUT2D eigenvalue weighted by Crippen LogP contribution is -2.20. The summed E-state index contributed by atoms with van der Waals surface area (Å²) >= 11 is 6.19. The minimum atomic E-state index is -1.14. The van der Waals surface area contributed by atoms with E-state index in [9.17, 15) is 28.0 Å². The summed E-state index contributed by atoms with van der Waals surface area (Å²) in [5.74, 6) is -2.98. The van der Waals surface area contributed by atoms with Crippen molar-refractivity contribution in [1.82, 2.24) is 0 Å². The molecule has 6 nitrogen and oxygen atoms in total. The van der Waals surface area contributed by atoms with Crippen LogP contribution in [0.4, 0.5) is 24.5 Å². The molecule has 1 atom stereocenters. The van der Waals surface area contributed by atoms with Gasteiger partial charge in [0.25, 0.3) is 0 Å². The third-order valence-corrected chi connectivity index (χ3v) is 4.65. The Morgan fingerprint density at radius 1 is 1.03 bits per heavy atom. The van der Waals surface area contributed by atoms with Crippen molar-refractivity contribution in [2.75, 3.05) is 18.5 Å². The molecule has 3 aromatic carbocycles. The van der Waals surface area contributed by atoms with Crippen molar-refractivity contribution in [1.29, 1.82) is 0 Å². The highest BCUT2D eigenvalue weighted by atomic mass is 35.5. The number of carbonyl (C=O) groups is 1. The Hall–Kier alpha value is -3.43. The van der Waals surface area contributed by atoms with Gasteiger partial charge in [-0.05, 0) is 48.5 Å². The number of hydrogen-bond acceptors (Lipinski definition) is 6. The topological polar surface area (TPSA) is 88.0 Å². The normalized spacial score (nSPS) is 11.7. The molecule has 0 saturated heterocycles. The van der Waals surface area contributed by atoms with Crippen LogP contribution in [0.15, 0.2) is 59.8 Å². The van der Waals surface area contributed by atoms with E-state index < -0.39 is 29.3 Å². The zero-order valence-electron chi connectivity index (χ0n) is 16.3. The molecule has 1 unspecified atom stereocenters. The molecule has 0 heterocycles. The van der Waals surface area contributed by atoms with Crippen LogP contribution < -0.4 is 10.1 Å². The third kappa shape index (κ3) is 5.63. The summed E-state index contributed by atoms with van der Waals surface area (Å²) in [6.07, 6.45) is -1.14. The first-order valence-corrected chi connectivity index (χ1v) is 9.62. The summed E-state index contributed by atoms with van der Waals surface area (Å²) in [4.78, 5) is 23.0. The molecule has 0 fully saturated rings. The molecule has 32 heavy (non-hydrogen) atoms. The van der Waals surface area contributed by atoms with E-state index in [2.05, 4.69) is 10.5 Å². The van der Waals surface area contributed by atoms with Crippen LogP contribution in [0, 0.1) is 22.4 Å². The third-order valence-electron chi connectivity index (χ3n) is 4.33. The largest absolute Gasteiger partial charge is 0.491 e. The number of ether oxygens (including phenoxy) is 1. The summed E-state index contributed by atoms with van der Waals surface area (Å²) in [6, 6.07) is 10.6. The van der Waals surface area contributed by atoms with E-state index in [1.165, 1.54) is 30.3 Å². The number of nitroso groups, excluding NO2 is 1. The maximum absolute atomic E-state index is 14.3. The smallest absolute Gasteiger partial charge is 0.197 e. The fourth-order valence-corrected chi connectivity index (χ4v) is 3.03. The van der Waals surface area contributed by atoms with Crippen LogP contribution in [0.3, 0.4) is 0 Å². The summed E-state index contributed by atoms with van der Waals surface area (Å²) in [7, 11) is 0. The zero-order valence-corrected chi connectivity index (χ0v) is 17.1. The number of rotatable bonds is 9. The average molecular weight is 465 g/mol. The van der Waals surface area contributed by atoms with E-state index >= 15 is 0 Å². The van der Waals surface area contributed by atoms with Gasteiger partial charge in [-0.2, -0.15) is 4.91 Å². The molecule has 0 aliphatic heterocycles. The Balaban J connectivity index is 1.80. The van der Waals surface area contributed by atoms with Crippen LogP contribution in [0.2, 0.25) is 5.02 Å². The Morgan fingerprint density at radius 2 is 1.81 bits per heavy atom. The van der Waals surface area contributed by atoms with Gasteiger partial charge >= 0.3 is 0 Å². The Morgan fingerprint density at radius 3 is 2.50 bits per heavy atom. The van der Waals surface area contributed by atoms with E-state index in [4.69, 9.17) is 16.3 Å². The highest BCUT2D eigenvalue weighted by molar-refractivity contribution is 6.35. The molecule has 0 aliphatic rings. The van der Waals surface area contributed by atoms with E-state index in [1.54, 1.807) is 0 Å². The first kappa shape index (κ1) is 23.2. The van der Waals surface area contributed by atoms with Gasteiger partial charge < -0.3 is 15.2 Å². The van der Waals surface area contributed by atoms with Gasteiger partial charge in [-0.25, -0.2) is 13.2 Å². The average Bonchev–Trinajstić information content (AvgIpc) is 2.75. The van der Waals surface area contributed by atoms with E-state index in [1.807, 2.05) is 0 Å². The summed E-state index contributed by atoms with van der Waals surface area (Å²) in [6.45, 7) is -0.642. The maximum atomic E-state index is 14.3. The van der Waals surface area contributed by atoms with Gasteiger partial charge in [-0.1, -0.05) is 16.8 Å². The lowest BCUT2D eigenvalue weighted by atomic mass is 10.0. The molecule has 10 heteroatoms. The highest BCUT2D eigenvalue weighted by Crippen LogP contribution is 2.28. The van der Waals surface area contributed by atoms with Crippen LogP contribution in [0.25, 0.3) is 0 Å². The number of aliphatic hydroxyl groups excluding tert-OH is 1. The van der Waals surface area contributed by atoms with Gasteiger partial charge in [0.1, 0.15) is 42.5 Å². The van der Waals surface area contributed by atoms with Crippen molar-refractivity contribution >= 4 is 28.8 Å². The van der Waals surface area contributed by atoms with Crippen LogP contribution in [0.5, 0.6) is 5.75 Å². The highest BCUT2D eigenvalue weighted by Gasteiger charge is 2.19. The minimum absolute atomic E-state index is 0.00408. The molecule has 3 rings (SSSR count). The first-order valence-electron chi connectivity index (χ1n) is 9.24. The van der Waals surface area contributed by atoms with E-state index in [-0.39, 0.29) is 40.7 Å². The zero-order chi connectivity index (χ0) is 23.3. The van der Waals surface area contributed by atoms with Gasteiger partial charge in [0.15, 0.2) is 5.78 Å². The van der Waals surface area contributed by atoms with Crippen molar-refractivity contribution in [3.8, 4) is 5.75 Å². The molecule has 0 aliphatic carbocycles.